The van der Waals surface area contributed by atoms with Crippen molar-refractivity contribution in [1.82, 2.24) is 4.90 Å². The van der Waals surface area contributed by atoms with Crippen molar-refractivity contribution >= 4 is 11.6 Å². The van der Waals surface area contributed by atoms with E-state index in [0.29, 0.717) is 24.4 Å². The number of rotatable bonds is 4. The quantitative estimate of drug-likeness (QED) is 0.903. The number of hydrogen-bond donors (Lipinski definition) is 2. The van der Waals surface area contributed by atoms with Crippen LogP contribution in [0.5, 0.6) is 0 Å². The standard InChI is InChI=1S/C19H22ClNO2/c20-17-8-6-16(7-9-17)19(23)10-12-21(13-11-19)14-18(22)15-4-2-1-3-5-15/h1-9,18,22-23H,10-14H2. The molecule has 2 N–H and O–H groups in total. The van der Waals surface area contributed by atoms with Gasteiger partial charge in [-0.05, 0) is 36.1 Å². The summed E-state index contributed by atoms with van der Waals surface area (Å²) >= 11 is 5.92. The number of benzene rings is 2. The SMILES string of the molecule is OC(CN1CCC(O)(c2ccc(Cl)cc2)CC1)c1ccccc1. The first-order chi connectivity index (χ1) is 11.1. The molecule has 1 fully saturated rings. The molecule has 0 saturated carbocycles. The predicted octanol–water partition coefficient (Wildman–Crippen LogP) is 3.36. The number of halogens is 1. The van der Waals surface area contributed by atoms with Crippen LogP contribution in [0, 0.1) is 0 Å². The molecule has 1 atom stereocenters. The average Bonchev–Trinajstić information content (AvgIpc) is 2.58. The number of likely N-dealkylation sites (tertiary alicyclic amines) is 1. The van der Waals surface area contributed by atoms with Gasteiger partial charge >= 0.3 is 0 Å². The topological polar surface area (TPSA) is 43.7 Å². The van der Waals surface area contributed by atoms with E-state index in [1.54, 1.807) is 0 Å². The summed E-state index contributed by atoms with van der Waals surface area (Å²) in [5.41, 5.74) is 1.06. The summed E-state index contributed by atoms with van der Waals surface area (Å²) in [5.74, 6) is 0. The minimum atomic E-state index is -0.793. The number of nitrogens with zero attached hydrogens (tertiary/aromatic N) is 1. The lowest BCUT2D eigenvalue weighted by atomic mass is 9.84. The van der Waals surface area contributed by atoms with Gasteiger partial charge in [0, 0.05) is 24.7 Å². The molecule has 0 amide bonds. The molecule has 0 bridgehead atoms. The molecular weight excluding hydrogens is 310 g/mol. The lowest BCUT2D eigenvalue weighted by Crippen LogP contribution is -2.43. The van der Waals surface area contributed by atoms with Gasteiger partial charge in [-0.1, -0.05) is 54.1 Å². The molecule has 2 aromatic rings. The van der Waals surface area contributed by atoms with Gasteiger partial charge in [-0.15, -0.1) is 0 Å². The lowest BCUT2D eigenvalue weighted by molar-refractivity contribution is -0.0344. The summed E-state index contributed by atoms with van der Waals surface area (Å²) in [6.45, 7) is 2.13. The van der Waals surface area contributed by atoms with Crippen LogP contribution >= 0.6 is 11.6 Å². The van der Waals surface area contributed by atoms with E-state index < -0.39 is 11.7 Å². The van der Waals surface area contributed by atoms with E-state index in [0.717, 1.165) is 24.2 Å². The molecule has 3 nitrogen and oxygen atoms in total. The van der Waals surface area contributed by atoms with Gasteiger partial charge in [0.1, 0.15) is 0 Å². The summed E-state index contributed by atoms with van der Waals surface area (Å²) in [6, 6.07) is 17.1. The van der Waals surface area contributed by atoms with Gasteiger partial charge < -0.3 is 15.1 Å². The van der Waals surface area contributed by atoms with Crippen LogP contribution in [0.15, 0.2) is 54.6 Å². The third-order valence-corrected chi connectivity index (χ3v) is 4.93. The normalized spacial score (nSPS) is 19.4. The summed E-state index contributed by atoms with van der Waals surface area (Å²) in [4.78, 5) is 2.21. The van der Waals surface area contributed by atoms with Crippen LogP contribution in [-0.2, 0) is 5.60 Å². The smallest absolute Gasteiger partial charge is 0.0920 e. The maximum absolute atomic E-state index is 10.9. The van der Waals surface area contributed by atoms with Crippen molar-refractivity contribution in [3.8, 4) is 0 Å². The molecule has 4 heteroatoms. The second-order valence-corrected chi connectivity index (χ2v) is 6.70. The highest BCUT2D eigenvalue weighted by Crippen LogP contribution is 2.33. The van der Waals surface area contributed by atoms with Gasteiger partial charge in [-0.2, -0.15) is 0 Å². The van der Waals surface area contributed by atoms with Crippen molar-refractivity contribution in [3.05, 3.63) is 70.7 Å². The first-order valence-corrected chi connectivity index (χ1v) is 8.38. The average molecular weight is 332 g/mol. The van der Waals surface area contributed by atoms with Crippen LogP contribution in [-0.4, -0.2) is 34.7 Å². The molecule has 1 aliphatic rings. The third kappa shape index (κ3) is 3.93. The lowest BCUT2D eigenvalue weighted by Gasteiger charge is -2.39. The Hall–Kier alpha value is -1.39. The fourth-order valence-corrected chi connectivity index (χ4v) is 3.31. The molecule has 0 aliphatic carbocycles. The maximum atomic E-state index is 10.9. The van der Waals surface area contributed by atoms with Crippen LogP contribution in [0.3, 0.4) is 0 Å². The van der Waals surface area contributed by atoms with Crippen LogP contribution in [0.2, 0.25) is 5.02 Å². The molecule has 0 radical (unpaired) electrons. The Balaban J connectivity index is 1.59. The second kappa shape index (κ2) is 7.02. The maximum Gasteiger partial charge on any atom is 0.0920 e. The largest absolute Gasteiger partial charge is 0.387 e. The van der Waals surface area contributed by atoms with E-state index in [-0.39, 0.29) is 0 Å². The fourth-order valence-electron chi connectivity index (χ4n) is 3.18. The van der Waals surface area contributed by atoms with Crippen molar-refractivity contribution in [3.63, 3.8) is 0 Å². The Kier molecular flexibility index (Phi) is 5.02. The predicted molar refractivity (Wildman–Crippen MR) is 92.4 cm³/mol. The van der Waals surface area contributed by atoms with Gasteiger partial charge in [0.2, 0.25) is 0 Å². The molecule has 1 saturated heterocycles. The molecule has 1 heterocycles. The molecule has 23 heavy (non-hydrogen) atoms. The zero-order chi connectivity index (χ0) is 16.3. The third-order valence-electron chi connectivity index (χ3n) is 4.68. The number of aliphatic hydroxyl groups excluding tert-OH is 1. The number of β-amino-alcohol motifs (C(OH)–C–C–N with tert-alkyl or cyclic N) is 1. The van der Waals surface area contributed by atoms with E-state index in [9.17, 15) is 10.2 Å². The Bertz CT molecular complexity index is 622. The van der Waals surface area contributed by atoms with Gasteiger partial charge in [0.25, 0.3) is 0 Å². The zero-order valence-corrected chi connectivity index (χ0v) is 13.8. The van der Waals surface area contributed by atoms with Gasteiger partial charge in [0.05, 0.1) is 11.7 Å². The first kappa shape index (κ1) is 16.5. The van der Waals surface area contributed by atoms with E-state index in [4.69, 9.17) is 11.6 Å². The first-order valence-electron chi connectivity index (χ1n) is 8.01. The Morgan fingerprint density at radius 3 is 2.22 bits per heavy atom. The van der Waals surface area contributed by atoms with Crippen LogP contribution in [0.25, 0.3) is 0 Å². The molecule has 0 aromatic heterocycles. The highest BCUT2D eigenvalue weighted by molar-refractivity contribution is 6.30. The van der Waals surface area contributed by atoms with Gasteiger partial charge in [-0.25, -0.2) is 0 Å². The summed E-state index contributed by atoms with van der Waals surface area (Å²) in [7, 11) is 0. The minimum Gasteiger partial charge on any atom is -0.387 e. The number of piperidine rings is 1. The van der Waals surface area contributed by atoms with Crippen LogP contribution in [0.4, 0.5) is 0 Å². The molecular formula is C19H22ClNO2. The van der Waals surface area contributed by atoms with E-state index in [2.05, 4.69) is 4.90 Å². The summed E-state index contributed by atoms with van der Waals surface area (Å²) in [5, 5.41) is 21.9. The highest BCUT2D eigenvalue weighted by atomic mass is 35.5. The van der Waals surface area contributed by atoms with Crippen molar-refractivity contribution in [2.75, 3.05) is 19.6 Å². The van der Waals surface area contributed by atoms with Gasteiger partial charge in [0.15, 0.2) is 0 Å². The molecule has 2 aromatic carbocycles. The number of aliphatic hydroxyl groups is 2. The van der Waals surface area contributed by atoms with Crippen LogP contribution < -0.4 is 0 Å². The highest BCUT2D eigenvalue weighted by Gasteiger charge is 2.34. The van der Waals surface area contributed by atoms with Crippen molar-refractivity contribution in [1.29, 1.82) is 0 Å². The van der Waals surface area contributed by atoms with Crippen molar-refractivity contribution in [2.24, 2.45) is 0 Å². The van der Waals surface area contributed by atoms with Gasteiger partial charge in [-0.3, -0.25) is 0 Å². The second-order valence-electron chi connectivity index (χ2n) is 6.27. The fraction of sp³-hybridized carbons (Fsp3) is 0.368. The Labute approximate surface area is 142 Å². The molecule has 3 rings (SSSR count). The monoisotopic (exact) mass is 331 g/mol. The molecule has 1 aliphatic heterocycles. The molecule has 1 unspecified atom stereocenters. The Morgan fingerprint density at radius 2 is 1.61 bits per heavy atom. The number of hydrogen-bond acceptors (Lipinski definition) is 3. The van der Waals surface area contributed by atoms with Crippen molar-refractivity contribution < 1.29 is 10.2 Å². The molecule has 122 valence electrons. The van der Waals surface area contributed by atoms with E-state index >= 15 is 0 Å². The summed E-state index contributed by atoms with van der Waals surface area (Å²) in [6.07, 6.45) is 0.838. The van der Waals surface area contributed by atoms with E-state index in [1.807, 2.05) is 54.6 Å². The Morgan fingerprint density at radius 1 is 1.00 bits per heavy atom. The minimum absolute atomic E-state index is 0.488. The summed E-state index contributed by atoms with van der Waals surface area (Å²) < 4.78 is 0. The van der Waals surface area contributed by atoms with Crippen molar-refractivity contribution in [2.45, 2.75) is 24.5 Å². The zero-order valence-electron chi connectivity index (χ0n) is 13.0. The van der Waals surface area contributed by atoms with E-state index in [1.165, 1.54) is 0 Å². The van der Waals surface area contributed by atoms with Crippen LogP contribution in [0.1, 0.15) is 30.1 Å². The molecule has 0 spiro atoms.